The molecule has 4 aromatic heterocycles. The second kappa shape index (κ2) is 16.5. The Balaban J connectivity index is 0.00000231. The molecule has 0 aliphatic heterocycles. The van der Waals surface area contributed by atoms with Crippen molar-refractivity contribution in [2.45, 2.75) is 0 Å². The largest absolute Gasteiger partial charge is 2.00 e. The quantitative estimate of drug-likeness (QED) is 0.0862. The van der Waals surface area contributed by atoms with Crippen molar-refractivity contribution in [3.05, 3.63) is 201 Å². The molecule has 0 saturated heterocycles. The number of hydrogen-bond donors (Lipinski definition) is 0. The molecule has 0 saturated carbocycles. The number of hydrogen-bond acceptors (Lipinski definition) is 5. The van der Waals surface area contributed by atoms with Gasteiger partial charge in [0.05, 0.1) is 6.20 Å². The van der Waals surface area contributed by atoms with Gasteiger partial charge in [-0.05, 0) is 35.0 Å². The zero-order valence-corrected chi connectivity index (χ0v) is 34.4. The zero-order valence-electron chi connectivity index (χ0n) is 31.3. The third kappa shape index (κ3) is 7.07. The van der Waals surface area contributed by atoms with Gasteiger partial charge < -0.3 is 18.6 Å². The van der Waals surface area contributed by atoms with Crippen LogP contribution in [0, 0.1) is 30.3 Å². The molecule has 60 heavy (non-hydrogen) atoms. The molecular weight excluding hydrogens is 929 g/mol. The zero-order chi connectivity index (χ0) is 38.4. The van der Waals surface area contributed by atoms with E-state index < -0.39 is 0 Å². The van der Waals surface area contributed by atoms with Gasteiger partial charge in [-0.1, -0.05) is 87.0 Å². The fourth-order valence-corrected chi connectivity index (χ4v) is 7.45. The SMILES string of the molecule is [Pd+2].[Pd].[c-]1c(Oc2[c-]c3c(cc2)c2ccccc2n3-c2[c-]cccc2)cccc1-c1cn[n+](-c2[c-]c(Oc3[c-]c4c(cc3)c3ccccc3n4-c3ccccn3)ccc2)cn1. The molecule has 0 aliphatic rings. The molecule has 11 rings (SSSR count). The Morgan fingerprint density at radius 1 is 0.517 bits per heavy atom. The first-order chi connectivity index (χ1) is 28.7. The van der Waals surface area contributed by atoms with Gasteiger partial charge in [0.1, 0.15) is 11.5 Å². The summed E-state index contributed by atoms with van der Waals surface area (Å²) in [4.78, 5) is 9.34. The van der Waals surface area contributed by atoms with Gasteiger partial charge in [0.25, 0.3) is 6.33 Å². The van der Waals surface area contributed by atoms with Crippen LogP contribution in [-0.2, 0) is 40.8 Å². The molecule has 10 heteroatoms. The molecule has 4 heterocycles. The van der Waals surface area contributed by atoms with Crippen molar-refractivity contribution >= 4 is 43.6 Å². The van der Waals surface area contributed by atoms with Crippen molar-refractivity contribution < 1.29 is 55.0 Å². The van der Waals surface area contributed by atoms with Crippen LogP contribution >= 0.6 is 0 Å². The van der Waals surface area contributed by atoms with Crippen LogP contribution in [0.5, 0.6) is 23.0 Å². The third-order valence-electron chi connectivity index (χ3n) is 10.0. The molecule has 0 unspecified atom stereocenters. The number of nitrogens with zero attached hydrogens (tertiary/aromatic N) is 6. The van der Waals surface area contributed by atoms with Crippen molar-refractivity contribution in [3.8, 4) is 51.4 Å². The molecule has 0 radical (unpaired) electrons. The van der Waals surface area contributed by atoms with Crippen LogP contribution in [0.3, 0.4) is 0 Å². The topological polar surface area (TPSA) is 70.9 Å². The summed E-state index contributed by atoms with van der Waals surface area (Å²) in [5.74, 6) is 2.99. The number of fused-ring (bicyclic) bond motifs is 6. The van der Waals surface area contributed by atoms with Gasteiger partial charge in [0.2, 0.25) is 0 Å². The number of rotatable bonds is 8. The predicted octanol–water partition coefficient (Wildman–Crippen LogP) is 10.6. The predicted molar refractivity (Wildman–Crippen MR) is 223 cm³/mol. The summed E-state index contributed by atoms with van der Waals surface area (Å²) in [6.07, 6.45) is 5.14. The Morgan fingerprint density at radius 3 is 1.82 bits per heavy atom. The van der Waals surface area contributed by atoms with Gasteiger partial charge in [-0.15, -0.1) is 76.1 Å². The summed E-state index contributed by atoms with van der Waals surface area (Å²) in [7, 11) is 0. The Hall–Kier alpha value is -6.78. The van der Waals surface area contributed by atoms with Gasteiger partial charge >= 0.3 is 20.4 Å². The smallest absolute Gasteiger partial charge is 0.509 e. The average Bonchev–Trinajstić information content (AvgIpc) is 3.79. The van der Waals surface area contributed by atoms with Crippen LogP contribution in [0.25, 0.3) is 72.1 Å². The van der Waals surface area contributed by atoms with Crippen LogP contribution in [0.15, 0.2) is 170 Å². The van der Waals surface area contributed by atoms with E-state index in [1.54, 1.807) is 23.4 Å². The van der Waals surface area contributed by atoms with E-state index in [9.17, 15) is 0 Å². The van der Waals surface area contributed by atoms with E-state index in [0.29, 0.717) is 34.4 Å². The number of benzene rings is 7. The minimum atomic E-state index is 0. The first-order valence-corrected chi connectivity index (χ1v) is 18.7. The van der Waals surface area contributed by atoms with E-state index in [4.69, 9.17) is 14.5 Å². The Kier molecular flexibility index (Phi) is 10.6. The molecule has 0 amide bonds. The second-order valence-corrected chi connectivity index (χ2v) is 13.6. The molecule has 0 N–H and O–H groups in total. The third-order valence-corrected chi connectivity index (χ3v) is 10.0. The molecule has 7 aromatic carbocycles. The van der Waals surface area contributed by atoms with Crippen LogP contribution in [-0.4, -0.2) is 24.2 Å². The summed E-state index contributed by atoms with van der Waals surface area (Å²) in [5, 5.41) is 9.07. The van der Waals surface area contributed by atoms with E-state index in [1.807, 2.05) is 109 Å². The van der Waals surface area contributed by atoms with E-state index in [2.05, 4.69) is 92.0 Å². The maximum atomic E-state index is 6.34. The number of ether oxygens (including phenoxy) is 2. The number of pyridine rings is 1. The first kappa shape index (κ1) is 38.7. The molecule has 0 aliphatic carbocycles. The van der Waals surface area contributed by atoms with Gasteiger partial charge in [0, 0.05) is 66.3 Å². The summed E-state index contributed by atoms with van der Waals surface area (Å²) < 4.78 is 18.6. The standard InChI is InChI=1S/C50H28N6O2.2Pd/c1-2-13-35(14-3-1)55-46-20-6-4-18-41(46)43-25-23-39(30-48(43)55)57-37-16-10-12-34(28-37)45-32-53-54(33-52-45)36-15-11-17-38(29-36)58-40-24-26-44-42-19-5-7-21-47(42)56(49(44)31-40)50-22-8-9-27-51-50;;/h1-13,15-27,32-33H;;/q-4;;+2. The normalized spacial score (nSPS) is 11.1. The van der Waals surface area contributed by atoms with Crippen LogP contribution in [0.1, 0.15) is 0 Å². The molecule has 0 bridgehead atoms. The molecule has 8 nitrogen and oxygen atoms in total. The maximum Gasteiger partial charge on any atom is 2.00 e. The van der Waals surface area contributed by atoms with Gasteiger partial charge in [-0.25, -0.2) is 4.98 Å². The van der Waals surface area contributed by atoms with E-state index in [1.165, 1.54) is 0 Å². The fourth-order valence-electron chi connectivity index (χ4n) is 7.45. The molecule has 292 valence electrons. The Labute approximate surface area is 372 Å². The van der Waals surface area contributed by atoms with Crippen LogP contribution in [0.2, 0.25) is 0 Å². The first-order valence-electron chi connectivity index (χ1n) is 18.7. The van der Waals surface area contributed by atoms with E-state index in [0.717, 1.165) is 60.7 Å². The number of para-hydroxylation sites is 3. The monoisotopic (exact) mass is 956 g/mol. The molecule has 0 spiro atoms. The summed E-state index contributed by atoms with van der Waals surface area (Å²) >= 11 is 0. The minimum Gasteiger partial charge on any atom is -0.509 e. The summed E-state index contributed by atoms with van der Waals surface area (Å²) in [5.41, 5.74) is 6.89. The molecular formula is C50H28N6O2Pd2-2. The summed E-state index contributed by atoms with van der Waals surface area (Å²) in [6.45, 7) is 0. The van der Waals surface area contributed by atoms with Gasteiger partial charge in [-0.2, -0.15) is 42.5 Å². The maximum absolute atomic E-state index is 6.34. The molecule has 0 atom stereocenters. The minimum absolute atomic E-state index is 0. The van der Waals surface area contributed by atoms with Crippen molar-refractivity contribution in [1.82, 2.24) is 24.2 Å². The van der Waals surface area contributed by atoms with Crippen LogP contribution in [0.4, 0.5) is 0 Å². The number of aromatic nitrogens is 6. The van der Waals surface area contributed by atoms with Gasteiger partial charge in [-0.3, -0.25) is 0 Å². The van der Waals surface area contributed by atoms with E-state index >= 15 is 0 Å². The van der Waals surface area contributed by atoms with Gasteiger partial charge in [0.15, 0.2) is 0 Å². The molecule has 11 aromatic rings. The average molecular weight is 958 g/mol. The Bertz CT molecular complexity index is 3080. The van der Waals surface area contributed by atoms with Crippen molar-refractivity contribution in [2.24, 2.45) is 0 Å². The molecule has 0 fully saturated rings. The summed E-state index contributed by atoms with van der Waals surface area (Å²) in [6, 6.07) is 66.8. The van der Waals surface area contributed by atoms with E-state index in [-0.39, 0.29) is 40.8 Å². The Morgan fingerprint density at radius 2 is 1.15 bits per heavy atom. The van der Waals surface area contributed by atoms with Crippen molar-refractivity contribution in [1.29, 1.82) is 0 Å². The second-order valence-electron chi connectivity index (χ2n) is 13.6. The van der Waals surface area contributed by atoms with Crippen molar-refractivity contribution in [2.75, 3.05) is 0 Å². The fraction of sp³-hybridized carbons (Fsp3) is 0. The van der Waals surface area contributed by atoms with Crippen LogP contribution < -0.4 is 14.2 Å². The van der Waals surface area contributed by atoms with Crippen molar-refractivity contribution in [3.63, 3.8) is 0 Å².